The molecule has 194 valence electrons. The van der Waals surface area contributed by atoms with E-state index in [-0.39, 0.29) is 5.56 Å². The first kappa shape index (κ1) is 25.7. The standard InChI is InChI=1S/C28H31ClN4O3S/c1-3-30-17-22-5-4-12-32(22)13-14-36-24-11-10-21(15-25(24)35-2)33-18-31-23-16-26(37-27(23)28(33)34)19-6-8-20(29)9-7-19/h6-11,15-16,18,22,30H,3-5,12-14,17H2,1-2H3/t22-/m1/s1. The molecule has 2 aromatic heterocycles. The highest BCUT2D eigenvalue weighted by molar-refractivity contribution is 7.22. The molecule has 7 nitrogen and oxygen atoms in total. The monoisotopic (exact) mass is 538 g/mol. The number of hydrogen-bond donors (Lipinski definition) is 1. The molecule has 3 heterocycles. The molecular formula is C28H31ClN4O3S. The van der Waals surface area contributed by atoms with Gasteiger partial charge in [-0.1, -0.05) is 30.7 Å². The third-order valence-electron chi connectivity index (χ3n) is 6.76. The lowest BCUT2D eigenvalue weighted by Crippen LogP contribution is -2.39. The second kappa shape index (κ2) is 11.6. The quantitative estimate of drug-likeness (QED) is 0.298. The van der Waals surface area contributed by atoms with Crippen LogP contribution in [-0.2, 0) is 0 Å². The van der Waals surface area contributed by atoms with Gasteiger partial charge in [0.05, 0.1) is 18.3 Å². The Labute approximate surface area is 225 Å². The summed E-state index contributed by atoms with van der Waals surface area (Å²) in [4.78, 5) is 21.4. The van der Waals surface area contributed by atoms with Crippen LogP contribution in [0, 0.1) is 0 Å². The summed E-state index contributed by atoms with van der Waals surface area (Å²) in [6, 6.07) is 15.6. The number of benzene rings is 2. The van der Waals surface area contributed by atoms with Crippen LogP contribution >= 0.6 is 22.9 Å². The lowest BCUT2D eigenvalue weighted by atomic mass is 10.2. The van der Waals surface area contributed by atoms with Crippen molar-refractivity contribution in [2.45, 2.75) is 25.8 Å². The van der Waals surface area contributed by atoms with Crippen LogP contribution in [-0.4, -0.2) is 60.4 Å². The number of nitrogens with zero attached hydrogens (tertiary/aromatic N) is 3. The lowest BCUT2D eigenvalue weighted by molar-refractivity contribution is 0.191. The minimum Gasteiger partial charge on any atom is -0.493 e. The third kappa shape index (κ3) is 5.67. The van der Waals surface area contributed by atoms with Crippen LogP contribution in [0.4, 0.5) is 0 Å². The number of likely N-dealkylation sites (tertiary alicyclic amines) is 1. The predicted molar refractivity (Wildman–Crippen MR) is 151 cm³/mol. The van der Waals surface area contributed by atoms with Gasteiger partial charge in [0.25, 0.3) is 5.56 Å². The Morgan fingerprint density at radius 3 is 2.78 bits per heavy atom. The van der Waals surface area contributed by atoms with Gasteiger partial charge in [-0.25, -0.2) is 4.98 Å². The molecule has 0 spiro atoms. The fraction of sp³-hybridized carbons (Fsp3) is 0.357. The summed E-state index contributed by atoms with van der Waals surface area (Å²) < 4.78 is 13.9. The molecule has 1 aliphatic rings. The number of thiophene rings is 1. The highest BCUT2D eigenvalue weighted by Crippen LogP contribution is 2.33. The van der Waals surface area contributed by atoms with Crippen molar-refractivity contribution in [2.24, 2.45) is 0 Å². The van der Waals surface area contributed by atoms with Crippen molar-refractivity contribution >= 4 is 33.2 Å². The van der Waals surface area contributed by atoms with E-state index in [1.54, 1.807) is 18.0 Å². The van der Waals surface area contributed by atoms with Crippen molar-refractivity contribution in [3.8, 4) is 27.6 Å². The van der Waals surface area contributed by atoms with E-state index in [1.165, 1.54) is 24.2 Å². The summed E-state index contributed by atoms with van der Waals surface area (Å²) in [5, 5.41) is 4.13. The topological polar surface area (TPSA) is 68.6 Å². The van der Waals surface area contributed by atoms with Crippen molar-refractivity contribution in [3.63, 3.8) is 0 Å². The van der Waals surface area contributed by atoms with Crippen LogP contribution in [0.3, 0.4) is 0 Å². The molecule has 0 unspecified atom stereocenters. The van der Waals surface area contributed by atoms with E-state index in [4.69, 9.17) is 21.1 Å². The molecule has 0 amide bonds. The van der Waals surface area contributed by atoms with E-state index in [0.717, 1.165) is 36.6 Å². The van der Waals surface area contributed by atoms with Crippen molar-refractivity contribution in [1.29, 1.82) is 0 Å². The largest absolute Gasteiger partial charge is 0.493 e. The van der Waals surface area contributed by atoms with Crippen LogP contribution in [0.5, 0.6) is 11.5 Å². The smallest absolute Gasteiger partial charge is 0.275 e. The molecule has 1 aliphatic heterocycles. The van der Waals surface area contributed by atoms with Gasteiger partial charge in [0, 0.05) is 35.1 Å². The molecule has 0 aliphatic carbocycles. The van der Waals surface area contributed by atoms with E-state index >= 15 is 0 Å². The maximum Gasteiger partial charge on any atom is 0.275 e. The summed E-state index contributed by atoms with van der Waals surface area (Å²) in [7, 11) is 1.61. The van der Waals surface area contributed by atoms with E-state index in [9.17, 15) is 4.79 Å². The Morgan fingerprint density at radius 2 is 2.00 bits per heavy atom. The molecule has 1 saturated heterocycles. The first-order valence-corrected chi connectivity index (χ1v) is 13.8. The van der Waals surface area contributed by atoms with Gasteiger partial charge in [0.1, 0.15) is 17.6 Å². The molecule has 1 atom stereocenters. The molecule has 4 aromatic rings. The molecule has 0 saturated carbocycles. The number of nitrogens with one attached hydrogen (secondary N) is 1. The summed E-state index contributed by atoms with van der Waals surface area (Å²) in [5.74, 6) is 1.25. The van der Waals surface area contributed by atoms with Crippen LogP contribution in [0.1, 0.15) is 19.8 Å². The fourth-order valence-electron chi connectivity index (χ4n) is 4.78. The van der Waals surface area contributed by atoms with Gasteiger partial charge in [-0.3, -0.25) is 14.3 Å². The number of likely N-dealkylation sites (N-methyl/N-ethyl adjacent to an activating group) is 1. The predicted octanol–water partition coefficient (Wildman–Crippen LogP) is 5.23. The zero-order chi connectivity index (χ0) is 25.8. The first-order valence-electron chi connectivity index (χ1n) is 12.6. The number of rotatable bonds is 10. The number of ether oxygens (including phenoxy) is 2. The van der Waals surface area contributed by atoms with Crippen LogP contribution < -0.4 is 20.3 Å². The van der Waals surface area contributed by atoms with Gasteiger partial charge in [-0.2, -0.15) is 0 Å². The summed E-state index contributed by atoms with van der Waals surface area (Å²) in [5.41, 5.74) is 2.24. The summed E-state index contributed by atoms with van der Waals surface area (Å²) in [6.07, 6.45) is 4.02. The van der Waals surface area contributed by atoms with Gasteiger partial charge < -0.3 is 14.8 Å². The third-order valence-corrected chi connectivity index (χ3v) is 8.17. The molecule has 9 heteroatoms. The van der Waals surface area contributed by atoms with Crippen molar-refractivity contribution < 1.29 is 9.47 Å². The molecule has 1 N–H and O–H groups in total. The molecule has 2 aromatic carbocycles. The Kier molecular flexibility index (Phi) is 8.10. The molecule has 0 radical (unpaired) electrons. The highest BCUT2D eigenvalue weighted by Gasteiger charge is 2.23. The van der Waals surface area contributed by atoms with Gasteiger partial charge in [-0.15, -0.1) is 11.3 Å². The van der Waals surface area contributed by atoms with Crippen molar-refractivity contribution in [3.05, 3.63) is 70.2 Å². The average Bonchev–Trinajstić information content (AvgIpc) is 3.56. The Balaban J connectivity index is 1.32. The Hall–Kier alpha value is -2.91. The van der Waals surface area contributed by atoms with Gasteiger partial charge in [-0.05, 0) is 61.8 Å². The highest BCUT2D eigenvalue weighted by atomic mass is 35.5. The SMILES string of the molecule is CCNC[C@H]1CCCN1CCOc1ccc(-n2cnc3cc(-c4ccc(Cl)cc4)sc3c2=O)cc1OC. The van der Waals surface area contributed by atoms with E-state index in [2.05, 4.69) is 22.1 Å². The van der Waals surface area contributed by atoms with Crippen molar-refractivity contribution in [2.75, 3.05) is 39.9 Å². The van der Waals surface area contributed by atoms with Gasteiger partial charge >= 0.3 is 0 Å². The number of aromatic nitrogens is 2. The second-order valence-corrected chi connectivity index (χ2v) is 10.6. The average molecular weight is 539 g/mol. The van der Waals surface area contributed by atoms with Crippen LogP contribution in [0.15, 0.2) is 59.7 Å². The molecule has 0 bridgehead atoms. The molecule has 5 rings (SSSR count). The molecule has 37 heavy (non-hydrogen) atoms. The normalized spacial score (nSPS) is 15.9. The fourth-order valence-corrected chi connectivity index (χ4v) is 5.95. The zero-order valence-electron chi connectivity index (χ0n) is 21.1. The molecule has 1 fully saturated rings. The van der Waals surface area contributed by atoms with E-state index in [1.807, 2.05) is 48.5 Å². The molecular weight excluding hydrogens is 508 g/mol. The number of fused-ring (bicyclic) bond motifs is 1. The van der Waals surface area contributed by atoms with Crippen LogP contribution in [0.25, 0.3) is 26.3 Å². The summed E-state index contributed by atoms with van der Waals surface area (Å²) in [6.45, 7) is 6.71. The number of methoxy groups -OCH3 is 1. The minimum absolute atomic E-state index is 0.119. The van der Waals surface area contributed by atoms with Gasteiger partial charge in [0.15, 0.2) is 11.5 Å². The summed E-state index contributed by atoms with van der Waals surface area (Å²) >= 11 is 7.45. The maximum atomic E-state index is 13.4. The first-order chi connectivity index (χ1) is 18.1. The second-order valence-electron chi connectivity index (χ2n) is 9.07. The lowest BCUT2D eigenvalue weighted by Gasteiger charge is -2.24. The van der Waals surface area contributed by atoms with E-state index < -0.39 is 0 Å². The number of halogens is 1. The van der Waals surface area contributed by atoms with Crippen molar-refractivity contribution in [1.82, 2.24) is 19.8 Å². The Morgan fingerprint density at radius 1 is 1.16 bits per heavy atom. The van der Waals surface area contributed by atoms with Gasteiger partial charge in [0.2, 0.25) is 0 Å². The number of hydrogen-bond acceptors (Lipinski definition) is 7. The Bertz CT molecular complexity index is 1420. The maximum absolute atomic E-state index is 13.4. The minimum atomic E-state index is -0.119. The van der Waals surface area contributed by atoms with E-state index in [0.29, 0.717) is 45.1 Å². The zero-order valence-corrected chi connectivity index (χ0v) is 22.6. The van der Waals surface area contributed by atoms with Crippen LogP contribution in [0.2, 0.25) is 5.02 Å².